The molecule has 26 heavy (non-hydrogen) atoms. The number of imidazole rings is 1. The van der Waals surface area contributed by atoms with Crippen LogP contribution in [0, 0.1) is 6.92 Å². The van der Waals surface area contributed by atoms with Crippen LogP contribution in [0.3, 0.4) is 0 Å². The average molecular weight is 347 g/mol. The zero-order valence-electron chi connectivity index (χ0n) is 15.2. The van der Waals surface area contributed by atoms with Gasteiger partial charge in [-0.15, -0.1) is 0 Å². The maximum Gasteiger partial charge on any atom is 0.251 e. The number of hydrogen-bond donors (Lipinski definition) is 2. The summed E-state index contributed by atoms with van der Waals surface area (Å²) in [5.41, 5.74) is 4.75. The quantitative estimate of drug-likeness (QED) is 0.656. The Hall–Kier alpha value is -2.62. The third kappa shape index (κ3) is 3.64. The molecule has 2 aromatic carbocycles. The number of nitrogens with one attached hydrogen (secondary N) is 2. The van der Waals surface area contributed by atoms with Gasteiger partial charge < -0.3 is 10.3 Å². The van der Waals surface area contributed by atoms with E-state index < -0.39 is 0 Å². The minimum absolute atomic E-state index is 0.0188. The molecule has 1 amide bonds. The maximum absolute atomic E-state index is 12.6. The lowest BCUT2D eigenvalue weighted by atomic mass is 10.1. The number of fused-ring (bicyclic) bond motifs is 1. The molecule has 0 radical (unpaired) electrons. The molecule has 134 valence electrons. The van der Waals surface area contributed by atoms with E-state index in [-0.39, 0.29) is 5.91 Å². The summed E-state index contributed by atoms with van der Waals surface area (Å²) in [6, 6.07) is 14.3. The Labute approximate surface area is 154 Å². The van der Waals surface area contributed by atoms with E-state index in [4.69, 9.17) is 0 Å². The van der Waals surface area contributed by atoms with E-state index in [0.717, 1.165) is 35.3 Å². The number of nitrogens with zero attached hydrogens (tertiary/aromatic N) is 1. The van der Waals surface area contributed by atoms with Gasteiger partial charge in [0.05, 0.1) is 11.0 Å². The third-order valence-corrected chi connectivity index (χ3v) is 5.26. The van der Waals surface area contributed by atoms with Crippen molar-refractivity contribution < 1.29 is 4.79 Å². The van der Waals surface area contributed by atoms with Crippen LogP contribution in [0.2, 0.25) is 0 Å². The van der Waals surface area contributed by atoms with Crippen LogP contribution in [0.25, 0.3) is 22.4 Å². The van der Waals surface area contributed by atoms with Crippen LogP contribution in [0.15, 0.2) is 42.5 Å². The molecule has 0 atom stereocenters. The summed E-state index contributed by atoms with van der Waals surface area (Å²) in [7, 11) is 0. The predicted molar refractivity (Wildman–Crippen MR) is 105 cm³/mol. The van der Waals surface area contributed by atoms with E-state index in [0.29, 0.717) is 11.6 Å². The Morgan fingerprint density at radius 3 is 2.50 bits per heavy atom. The Kier molecular flexibility index (Phi) is 4.74. The van der Waals surface area contributed by atoms with E-state index in [1.165, 1.54) is 31.2 Å². The van der Waals surface area contributed by atoms with Crippen LogP contribution < -0.4 is 5.32 Å². The average Bonchev–Trinajstić information content (AvgIpc) is 2.91. The molecule has 1 saturated carbocycles. The minimum atomic E-state index is 0.0188. The highest BCUT2D eigenvalue weighted by Gasteiger charge is 2.16. The Bertz CT molecular complexity index is 903. The Morgan fingerprint density at radius 1 is 1.04 bits per heavy atom. The van der Waals surface area contributed by atoms with Gasteiger partial charge in [-0.2, -0.15) is 0 Å². The highest BCUT2D eigenvalue weighted by Crippen LogP contribution is 2.22. The zero-order chi connectivity index (χ0) is 17.9. The summed E-state index contributed by atoms with van der Waals surface area (Å²) in [5, 5.41) is 3.21. The van der Waals surface area contributed by atoms with Crippen molar-refractivity contribution in [3.8, 4) is 11.4 Å². The van der Waals surface area contributed by atoms with Crippen LogP contribution >= 0.6 is 0 Å². The van der Waals surface area contributed by atoms with Gasteiger partial charge in [0.15, 0.2) is 0 Å². The largest absolute Gasteiger partial charge is 0.349 e. The monoisotopic (exact) mass is 347 g/mol. The molecule has 1 aromatic heterocycles. The molecule has 2 N–H and O–H groups in total. The molecular weight excluding hydrogens is 322 g/mol. The SMILES string of the molecule is Cc1ccc(-c2nc3ccc(C(=O)NC4CCCCCC4)cc3[nH]2)cc1. The standard InChI is InChI=1S/C22H25N3O/c1-15-8-10-16(11-9-15)21-24-19-13-12-17(14-20(19)25-21)22(26)23-18-6-4-2-3-5-7-18/h8-14,18H,2-7H2,1H3,(H,23,26)(H,24,25). The highest BCUT2D eigenvalue weighted by molar-refractivity contribution is 5.97. The first-order valence-electron chi connectivity index (χ1n) is 9.57. The minimum Gasteiger partial charge on any atom is -0.349 e. The second-order valence-corrected chi connectivity index (χ2v) is 7.35. The van der Waals surface area contributed by atoms with Crippen molar-refractivity contribution in [2.75, 3.05) is 0 Å². The molecule has 1 fully saturated rings. The van der Waals surface area contributed by atoms with Gasteiger partial charge in [0.2, 0.25) is 0 Å². The first kappa shape index (κ1) is 16.8. The number of carbonyl (C=O) groups excluding carboxylic acids is 1. The van der Waals surface area contributed by atoms with Crippen molar-refractivity contribution in [2.45, 2.75) is 51.5 Å². The van der Waals surface area contributed by atoms with Crippen molar-refractivity contribution in [1.82, 2.24) is 15.3 Å². The number of aromatic amines is 1. The topological polar surface area (TPSA) is 57.8 Å². The van der Waals surface area contributed by atoms with E-state index >= 15 is 0 Å². The molecule has 1 aliphatic carbocycles. The van der Waals surface area contributed by atoms with Crippen molar-refractivity contribution in [3.63, 3.8) is 0 Å². The molecular formula is C22H25N3O. The molecule has 1 aliphatic rings. The maximum atomic E-state index is 12.6. The van der Waals surface area contributed by atoms with Crippen molar-refractivity contribution in [1.29, 1.82) is 0 Å². The van der Waals surface area contributed by atoms with E-state index in [2.05, 4.69) is 46.5 Å². The number of H-pyrrole nitrogens is 1. The number of aromatic nitrogens is 2. The van der Waals surface area contributed by atoms with Crippen LogP contribution in [0.5, 0.6) is 0 Å². The molecule has 0 spiro atoms. The molecule has 0 aliphatic heterocycles. The lowest BCUT2D eigenvalue weighted by molar-refractivity contribution is 0.0933. The second-order valence-electron chi connectivity index (χ2n) is 7.35. The Balaban J connectivity index is 1.55. The molecule has 1 heterocycles. The number of benzene rings is 2. The van der Waals surface area contributed by atoms with Gasteiger partial charge in [-0.05, 0) is 38.0 Å². The fraction of sp³-hybridized carbons (Fsp3) is 0.364. The summed E-state index contributed by atoms with van der Waals surface area (Å²) < 4.78 is 0. The summed E-state index contributed by atoms with van der Waals surface area (Å²) >= 11 is 0. The van der Waals surface area contributed by atoms with E-state index in [9.17, 15) is 4.79 Å². The van der Waals surface area contributed by atoms with Crippen LogP contribution in [-0.4, -0.2) is 21.9 Å². The van der Waals surface area contributed by atoms with Crippen molar-refractivity contribution >= 4 is 16.9 Å². The van der Waals surface area contributed by atoms with Gasteiger partial charge in [0.1, 0.15) is 5.82 Å². The number of aryl methyl sites for hydroxylation is 1. The van der Waals surface area contributed by atoms with Gasteiger partial charge >= 0.3 is 0 Å². The molecule has 4 rings (SSSR count). The van der Waals surface area contributed by atoms with Gasteiger partial charge in [-0.1, -0.05) is 55.5 Å². The van der Waals surface area contributed by atoms with Crippen LogP contribution in [0.1, 0.15) is 54.4 Å². The fourth-order valence-electron chi connectivity index (χ4n) is 3.69. The smallest absolute Gasteiger partial charge is 0.251 e. The first-order valence-corrected chi connectivity index (χ1v) is 9.57. The normalized spacial score (nSPS) is 15.7. The summed E-state index contributed by atoms with van der Waals surface area (Å²) in [6.07, 6.45) is 7.18. The van der Waals surface area contributed by atoms with Gasteiger partial charge in [-0.25, -0.2) is 4.98 Å². The molecule has 0 saturated heterocycles. The summed E-state index contributed by atoms with van der Waals surface area (Å²) in [6.45, 7) is 2.07. The van der Waals surface area contributed by atoms with E-state index in [1.54, 1.807) is 0 Å². The first-order chi connectivity index (χ1) is 12.7. The van der Waals surface area contributed by atoms with Gasteiger partial charge in [-0.3, -0.25) is 4.79 Å². The van der Waals surface area contributed by atoms with Crippen molar-refractivity contribution in [2.24, 2.45) is 0 Å². The lowest BCUT2D eigenvalue weighted by Crippen LogP contribution is -2.34. The number of amides is 1. The molecule has 4 heteroatoms. The molecule has 3 aromatic rings. The Morgan fingerprint density at radius 2 is 1.77 bits per heavy atom. The van der Waals surface area contributed by atoms with Crippen molar-refractivity contribution in [3.05, 3.63) is 53.6 Å². The predicted octanol–water partition coefficient (Wildman–Crippen LogP) is 4.99. The van der Waals surface area contributed by atoms with Gasteiger partial charge in [0, 0.05) is 17.2 Å². The fourth-order valence-corrected chi connectivity index (χ4v) is 3.69. The third-order valence-electron chi connectivity index (χ3n) is 5.26. The van der Waals surface area contributed by atoms with Crippen LogP contribution in [-0.2, 0) is 0 Å². The zero-order valence-corrected chi connectivity index (χ0v) is 15.2. The highest BCUT2D eigenvalue weighted by atomic mass is 16.1. The molecule has 0 bridgehead atoms. The van der Waals surface area contributed by atoms with E-state index in [1.807, 2.05) is 18.2 Å². The summed E-state index contributed by atoms with van der Waals surface area (Å²) in [5.74, 6) is 0.853. The van der Waals surface area contributed by atoms with Gasteiger partial charge in [0.25, 0.3) is 5.91 Å². The summed E-state index contributed by atoms with van der Waals surface area (Å²) in [4.78, 5) is 20.6. The number of carbonyl (C=O) groups is 1. The molecule has 0 unspecified atom stereocenters. The van der Waals surface area contributed by atoms with Crippen LogP contribution in [0.4, 0.5) is 0 Å². The number of hydrogen-bond acceptors (Lipinski definition) is 2. The number of rotatable bonds is 3. The molecule has 4 nitrogen and oxygen atoms in total. The lowest BCUT2D eigenvalue weighted by Gasteiger charge is -2.16. The second kappa shape index (κ2) is 7.32.